The van der Waals surface area contributed by atoms with E-state index in [0.29, 0.717) is 24.3 Å². The average molecular weight is 386 g/mol. The minimum atomic E-state index is -3.61. The molecule has 0 aliphatic carbocycles. The molecule has 2 amide bonds. The summed E-state index contributed by atoms with van der Waals surface area (Å²) in [7, 11) is -2.08. The van der Waals surface area contributed by atoms with Crippen molar-refractivity contribution < 1.29 is 23.3 Å². The highest BCUT2D eigenvalue weighted by Gasteiger charge is 2.24. The zero-order chi connectivity index (χ0) is 19.9. The Labute approximate surface area is 155 Å². The third kappa shape index (κ3) is 5.52. The molecule has 1 rings (SSSR count). The number of hydrogen-bond acceptors (Lipinski definition) is 4. The van der Waals surface area contributed by atoms with Crippen LogP contribution in [0.4, 0.5) is 5.69 Å². The van der Waals surface area contributed by atoms with Gasteiger partial charge in [0.1, 0.15) is 0 Å². The summed E-state index contributed by atoms with van der Waals surface area (Å²) in [6.45, 7) is 7.86. The SMILES string of the molecule is CCN(CC)S(=O)(=O)c1cc(NC(=O)[C@@H](C)[NH2+]CC(=O)NC)ccc1C. The molecule has 1 aromatic rings. The molecule has 0 spiro atoms. The van der Waals surface area contributed by atoms with Crippen molar-refractivity contribution in [2.24, 2.45) is 0 Å². The Balaban J connectivity index is 2.97. The van der Waals surface area contributed by atoms with E-state index in [-0.39, 0.29) is 23.3 Å². The first kappa shape index (κ1) is 22.1. The quantitative estimate of drug-likeness (QED) is 0.540. The van der Waals surface area contributed by atoms with Crippen LogP contribution >= 0.6 is 0 Å². The molecule has 146 valence electrons. The van der Waals surface area contributed by atoms with E-state index in [4.69, 9.17) is 0 Å². The van der Waals surface area contributed by atoms with Crippen LogP contribution in [0.5, 0.6) is 0 Å². The zero-order valence-electron chi connectivity index (χ0n) is 16.0. The topological polar surface area (TPSA) is 112 Å². The molecule has 0 saturated carbocycles. The van der Waals surface area contributed by atoms with Crippen molar-refractivity contribution in [1.29, 1.82) is 0 Å². The first-order valence-electron chi connectivity index (χ1n) is 8.62. The largest absolute Gasteiger partial charge is 0.354 e. The van der Waals surface area contributed by atoms with Gasteiger partial charge in [0.05, 0.1) is 4.90 Å². The van der Waals surface area contributed by atoms with E-state index in [1.807, 2.05) is 0 Å². The van der Waals surface area contributed by atoms with Gasteiger partial charge in [-0.1, -0.05) is 19.9 Å². The maximum Gasteiger partial charge on any atom is 0.282 e. The van der Waals surface area contributed by atoms with Gasteiger partial charge in [-0.15, -0.1) is 0 Å². The van der Waals surface area contributed by atoms with Crippen molar-refractivity contribution in [3.8, 4) is 0 Å². The normalized spacial score (nSPS) is 12.7. The first-order chi connectivity index (χ1) is 12.2. The maximum atomic E-state index is 12.8. The Morgan fingerprint density at radius 1 is 1.23 bits per heavy atom. The summed E-state index contributed by atoms with van der Waals surface area (Å²) in [6, 6.07) is 4.33. The molecule has 8 nitrogen and oxygen atoms in total. The molecule has 0 radical (unpaired) electrons. The van der Waals surface area contributed by atoms with E-state index in [1.54, 1.807) is 45.1 Å². The lowest BCUT2D eigenvalue weighted by Crippen LogP contribution is -2.93. The second-order valence-electron chi connectivity index (χ2n) is 5.96. The molecule has 1 atom stereocenters. The standard InChI is InChI=1S/C17H28N4O4S/c1-6-21(7-2)26(24,25)15-10-14(9-8-12(15)3)20-17(23)13(4)19-11-16(22)18-5/h8-10,13,19H,6-7,11H2,1-5H3,(H,18,22)(H,20,23)/p+1/t13-/m1/s1. The molecule has 0 heterocycles. The van der Waals surface area contributed by atoms with Crippen molar-refractivity contribution in [2.75, 3.05) is 32.0 Å². The monoisotopic (exact) mass is 385 g/mol. The number of anilines is 1. The predicted octanol–water partition coefficient (Wildman–Crippen LogP) is -0.338. The molecule has 26 heavy (non-hydrogen) atoms. The first-order valence-corrected chi connectivity index (χ1v) is 10.1. The number of carbonyl (C=O) groups is 2. The van der Waals surface area contributed by atoms with Crippen LogP contribution in [0.25, 0.3) is 0 Å². The summed E-state index contributed by atoms with van der Waals surface area (Å²) in [4.78, 5) is 23.7. The van der Waals surface area contributed by atoms with Crippen LogP contribution in [0.15, 0.2) is 23.1 Å². The minimum absolute atomic E-state index is 0.139. The number of quaternary nitrogens is 1. The van der Waals surface area contributed by atoms with Crippen LogP contribution in [0.1, 0.15) is 26.3 Å². The Bertz CT molecular complexity index is 745. The Morgan fingerprint density at radius 3 is 2.38 bits per heavy atom. The van der Waals surface area contributed by atoms with Crippen LogP contribution in [0, 0.1) is 6.92 Å². The Morgan fingerprint density at radius 2 is 1.85 bits per heavy atom. The number of rotatable bonds is 9. The number of likely N-dealkylation sites (N-methyl/N-ethyl adjacent to an activating group) is 1. The lowest BCUT2D eigenvalue weighted by Gasteiger charge is -2.20. The van der Waals surface area contributed by atoms with Gasteiger partial charge in [-0.2, -0.15) is 4.31 Å². The molecular weight excluding hydrogens is 356 g/mol. The van der Waals surface area contributed by atoms with Gasteiger partial charge in [-0.25, -0.2) is 8.42 Å². The highest BCUT2D eigenvalue weighted by Crippen LogP contribution is 2.23. The number of nitrogens with zero attached hydrogens (tertiary/aromatic N) is 1. The van der Waals surface area contributed by atoms with Gasteiger partial charge in [0, 0.05) is 25.8 Å². The van der Waals surface area contributed by atoms with E-state index in [1.165, 1.54) is 17.4 Å². The fourth-order valence-corrected chi connectivity index (χ4v) is 4.12. The van der Waals surface area contributed by atoms with Crippen LogP contribution in [-0.2, 0) is 19.6 Å². The molecule has 0 aliphatic rings. The zero-order valence-corrected chi connectivity index (χ0v) is 16.8. The number of aryl methyl sites for hydroxylation is 1. The number of hydrogen-bond donors (Lipinski definition) is 3. The van der Waals surface area contributed by atoms with Gasteiger partial charge in [0.25, 0.3) is 11.8 Å². The van der Waals surface area contributed by atoms with Crippen LogP contribution in [-0.4, -0.2) is 57.3 Å². The number of benzene rings is 1. The summed E-state index contributed by atoms with van der Waals surface area (Å²) in [5.41, 5.74) is 1.03. The molecule has 9 heteroatoms. The van der Waals surface area contributed by atoms with E-state index in [2.05, 4.69) is 10.6 Å². The fraction of sp³-hybridized carbons (Fsp3) is 0.529. The van der Waals surface area contributed by atoms with Gasteiger partial charge < -0.3 is 16.0 Å². The minimum Gasteiger partial charge on any atom is -0.354 e. The van der Waals surface area contributed by atoms with Crippen molar-refractivity contribution in [1.82, 2.24) is 9.62 Å². The van der Waals surface area contributed by atoms with Crippen molar-refractivity contribution in [2.45, 2.75) is 38.6 Å². The third-order valence-corrected chi connectivity index (χ3v) is 6.32. The second-order valence-corrected chi connectivity index (χ2v) is 7.87. The number of carbonyl (C=O) groups excluding carboxylic acids is 2. The van der Waals surface area contributed by atoms with E-state index in [9.17, 15) is 18.0 Å². The average Bonchev–Trinajstić information content (AvgIpc) is 2.61. The van der Waals surface area contributed by atoms with Crippen LogP contribution in [0.2, 0.25) is 0 Å². The molecule has 0 aliphatic heterocycles. The lowest BCUT2D eigenvalue weighted by molar-refractivity contribution is -0.662. The highest BCUT2D eigenvalue weighted by molar-refractivity contribution is 7.89. The van der Waals surface area contributed by atoms with Gasteiger partial charge in [0.15, 0.2) is 12.6 Å². The predicted molar refractivity (Wildman–Crippen MR) is 100 cm³/mol. The molecule has 1 aromatic carbocycles. The summed E-state index contributed by atoms with van der Waals surface area (Å²) in [5, 5.41) is 6.81. The van der Waals surface area contributed by atoms with E-state index in [0.717, 1.165) is 0 Å². The lowest BCUT2D eigenvalue weighted by atomic mass is 10.2. The summed E-state index contributed by atoms with van der Waals surface area (Å²) < 4.78 is 26.9. The van der Waals surface area contributed by atoms with Gasteiger partial charge in [-0.05, 0) is 31.5 Å². The van der Waals surface area contributed by atoms with Crippen LogP contribution < -0.4 is 16.0 Å². The summed E-state index contributed by atoms with van der Waals surface area (Å²) in [5.74, 6) is -0.475. The second kappa shape index (κ2) is 9.65. The molecule has 0 saturated heterocycles. The van der Waals surface area contributed by atoms with E-state index < -0.39 is 16.1 Å². The smallest absolute Gasteiger partial charge is 0.282 e. The molecule has 0 fully saturated rings. The highest BCUT2D eigenvalue weighted by atomic mass is 32.2. The Kier molecular flexibility index (Phi) is 8.19. The summed E-state index contributed by atoms with van der Waals surface area (Å²) in [6.07, 6.45) is 0. The fourth-order valence-electron chi connectivity index (χ4n) is 2.41. The molecule has 4 N–H and O–H groups in total. The number of nitrogens with one attached hydrogen (secondary N) is 2. The maximum absolute atomic E-state index is 12.8. The van der Waals surface area contributed by atoms with Gasteiger partial charge >= 0.3 is 0 Å². The van der Waals surface area contributed by atoms with Crippen molar-refractivity contribution >= 4 is 27.5 Å². The molecule has 0 aromatic heterocycles. The number of nitrogens with two attached hydrogens (primary N) is 1. The van der Waals surface area contributed by atoms with Crippen molar-refractivity contribution in [3.63, 3.8) is 0 Å². The van der Waals surface area contributed by atoms with E-state index >= 15 is 0 Å². The third-order valence-electron chi connectivity index (χ3n) is 4.13. The summed E-state index contributed by atoms with van der Waals surface area (Å²) >= 11 is 0. The molecular formula is C17H29N4O4S+. The Hall–Kier alpha value is -1.97. The van der Waals surface area contributed by atoms with Crippen LogP contribution in [0.3, 0.4) is 0 Å². The van der Waals surface area contributed by atoms with Crippen molar-refractivity contribution in [3.05, 3.63) is 23.8 Å². The number of sulfonamides is 1. The number of amides is 2. The van der Waals surface area contributed by atoms with Gasteiger partial charge in [0.2, 0.25) is 10.0 Å². The van der Waals surface area contributed by atoms with Gasteiger partial charge in [-0.3, -0.25) is 9.59 Å². The molecule has 0 unspecified atom stereocenters. The molecule has 0 bridgehead atoms.